The number of sulfonamides is 1. The zero-order valence-electron chi connectivity index (χ0n) is 15.4. The van der Waals surface area contributed by atoms with Crippen molar-refractivity contribution in [2.75, 3.05) is 5.32 Å². The minimum atomic E-state index is -3.91. The van der Waals surface area contributed by atoms with Crippen LogP contribution < -0.4 is 10.0 Å². The van der Waals surface area contributed by atoms with E-state index in [-0.39, 0.29) is 22.2 Å². The molecule has 0 unspecified atom stereocenters. The Labute approximate surface area is 161 Å². The van der Waals surface area contributed by atoms with Crippen LogP contribution in [0.4, 0.5) is 10.1 Å². The normalized spacial score (nSPS) is 12.1. The number of amides is 1. The van der Waals surface area contributed by atoms with Crippen molar-refractivity contribution in [1.29, 1.82) is 0 Å². The number of hydrogen-bond acceptors (Lipinski definition) is 5. The molecule has 3 aromatic rings. The molecule has 0 saturated heterocycles. The molecule has 148 valence electrons. The molecule has 0 atom stereocenters. The third-order valence-electron chi connectivity index (χ3n) is 3.47. The van der Waals surface area contributed by atoms with Gasteiger partial charge in [0.15, 0.2) is 11.6 Å². The average Bonchev–Trinajstić information content (AvgIpc) is 3.25. The average molecular weight is 406 g/mol. The highest BCUT2D eigenvalue weighted by Gasteiger charge is 2.26. The van der Waals surface area contributed by atoms with Gasteiger partial charge in [-0.05, 0) is 57.2 Å². The lowest BCUT2D eigenvalue weighted by molar-refractivity contribution is 0.0991. The number of benzene rings is 1. The lowest BCUT2D eigenvalue weighted by Crippen LogP contribution is -2.40. The van der Waals surface area contributed by atoms with Crippen LogP contribution in [0, 0.1) is 5.82 Å². The summed E-state index contributed by atoms with van der Waals surface area (Å²) in [5.41, 5.74) is -0.295. The number of furan rings is 1. The molecule has 0 aliphatic rings. The first-order valence-electron chi connectivity index (χ1n) is 8.30. The summed E-state index contributed by atoms with van der Waals surface area (Å²) < 4.78 is 47.7. The largest absolute Gasteiger partial charge is 0.438 e. The lowest BCUT2D eigenvalue weighted by Gasteiger charge is -2.18. The van der Waals surface area contributed by atoms with Crippen LogP contribution in [0.5, 0.6) is 0 Å². The van der Waals surface area contributed by atoms with Crippen LogP contribution >= 0.6 is 0 Å². The summed E-state index contributed by atoms with van der Waals surface area (Å²) in [6.07, 6.45) is 3.11. The van der Waals surface area contributed by atoms with Crippen molar-refractivity contribution < 1.29 is 22.0 Å². The second-order valence-corrected chi connectivity index (χ2v) is 8.66. The molecule has 2 N–H and O–H groups in total. The van der Waals surface area contributed by atoms with Gasteiger partial charge in [0.1, 0.15) is 5.69 Å². The highest BCUT2D eigenvalue weighted by molar-refractivity contribution is 7.89. The van der Waals surface area contributed by atoms with Gasteiger partial charge in [-0.25, -0.2) is 22.2 Å². The van der Waals surface area contributed by atoms with Crippen molar-refractivity contribution in [2.24, 2.45) is 0 Å². The van der Waals surface area contributed by atoms with Gasteiger partial charge in [-0.3, -0.25) is 4.79 Å². The third-order valence-corrected chi connectivity index (χ3v) is 5.10. The first kappa shape index (κ1) is 19.8. The summed E-state index contributed by atoms with van der Waals surface area (Å²) in [5, 5.41) is 6.03. The van der Waals surface area contributed by atoms with Gasteiger partial charge in [0.2, 0.25) is 5.09 Å². The molecule has 0 fully saturated rings. The van der Waals surface area contributed by atoms with Crippen molar-refractivity contribution in [3.05, 3.63) is 60.4 Å². The lowest BCUT2D eigenvalue weighted by atomic mass is 10.1. The second kappa shape index (κ2) is 7.21. The smallest absolute Gasteiger partial charge is 0.291 e. The third kappa shape index (κ3) is 4.46. The van der Waals surface area contributed by atoms with E-state index in [0.717, 1.165) is 6.07 Å². The SMILES string of the molecule is CC(C)(C)NS(=O)(=O)c1ccc(C(=O)Nc2ccc(-n3cccn3)c(F)c2)o1. The van der Waals surface area contributed by atoms with E-state index in [1.807, 2.05) is 0 Å². The molecule has 0 saturated carbocycles. The molecule has 2 aromatic heterocycles. The first-order valence-corrected chi connectivity index (χ1v) is 9.78. The number of nitrogens with one attached hydrogen (secondary N) is 2. The number of nitrogens with zero attached hydrogens (tertiary/aromatic N) is 2. The van der Waals surface area contributed by atoms with Crippen molar-refractivity contribution >= 4 is 21.6 Å². The van der Waals surface area contributed by atoms with Gasteiger partial charge < -0.3 is 9.73 Å². The van der Waals surface area contributed by atoms with E-state index in [1.165, 1.54) is 35.1 Å². The fourth-order valence-corrected chi connectivity index (χ4v) is 3.77. The Hall–Kier alpha value is -2.98. The Morgan fingerprint density at radius 3 is 2.57 bits per heavy atom. The maximum Gasteiger partial charge on any atom is 0.291 e. The summed E-state index contributed by atoms with van der Waals surface area (Å²) >= 11 is 0. The Morgan fingerprint density at radius 2 is 1.96 bits per heavy atom. The van der Waals surface area contributed by atoms with Crippen molar-refractivity contribution in [1.82, 2.24) is 14.5 Å². The highest BCUT2D eigenvalue weighted by Crippen LogP contribution is 2.20. The zero-order valence-corrected chi connectivity index (χ0v) is 16.2. The van der Waals surface area contributed by atoms with Crippen LogP contribution in [0.2, 0.25) is 0 Å². The van der Waals surface area contributed by atoms with E-state index < -0.39 is 27.3 Å². The van der Waals surface area contributed by atoms with Crippen molar-refractivity contribution in [3.63, 3.8) is 0 Å². The van der Waals surface area contributed by atoms with Gasteiger partial charge >= 0.3 is 0 Å². The van der Waals surface area contributed by atoms with Gasteiger partial charge in [-0.1, -0.05) is 0 Å². The van der Waals surface area contributed by atoms with Gasteiger partial charge in [0.05, 0.1) is 0 Å². The van der Waals surface area contributed by atoms with E-state index >= 15 is 0 Å². The highest BCUT2D eigenvalue weighted by atomic mass is 32.2. The summed E-state index contributed by atoms with van der Waals surface area (Å²) in [5.74, 6) is -1.51. The van der Waals surface area contributed by atoms with Crippen LogP contribution in [-0.4, -0.2) is 29.6 Å². The molecule has 1 aromatic carbocycles. The maximum absolute atomic E-state index is 14.3. The Balaban J connectivity index is 1.76. The monoisotopic (exact) mass is 406 g/mol. The maximum atomic E-state index is 14.3. The zero-order chi connectivity index (χ0) is 20.5. The van der Waals surface area contributed by atoms with Crippen molar-refractivity contribution in [3.8, 4) is 5.69 Å². The van der Waals surface area contributed by atoms with Gasteiger partial charge in [-0.2, -0.15) is 5.10 Å². The molecule has 2 heterocycles. The van der Waals surface area contributed by atoms with Gasteiger partial charge in [0.25, 0.3) is 15.9 Å². The molecular weight excluding hydrogens is 387 g/mol. The predicted octanol–water partition coefficient (Wildman–Crippen LogP) is 2.93. The molecule has 10 heteroatoms. The molecule has 1 amide bonds. The minimum absolute atomic E-state index is 0.187. The minimum Gasteiger partial charge on any atom is -0.438 e. The quantitative estimate of drug-likeness (QED) is 0.678. The molecule has 0 spiro atoms. The van der Waals surface area contributed by atoms with Crippen molar-refractivity contribution in [2.45, 2.75) is 31.4 Å². The van der Waals surface area contributed by atoms with Crippen LogP contribution in [0.25, 0.3) is 5.69 Å². The number of aromatic nitrogens is 2. The fraction of sp³-hybridized carbons (Fsp3) is 0.222. The Bertz CT molecular complexity index is 1100. The summed E-state index contributed by atoms with van der Waals surface area (Å²) in [6.45, 7) is 5.05. The summed E-state index contributed by atoms with van der Waals surface area (Å²) in [6, 6.07) is 8.18. The summed E-state index contributed by atoms with van der Waals surface area (Å²) in [7, 11) is -3.91. The molecule has 28 heavy (non-hydrogen) atoms. The van der Waals surface area contributed by atoms with E-state index in [4.69, 9.17) is 4.42 Å². The first-order chi connectivity index (χ1) is 13.0. The topological polar surface area (TPSA) is 106 Å². The van der Waals surface area contributed by atoms with Crippen LogP contribution in [0.3, 0.4) is 0 Å². The molecule has 8 nitrogen and oxygen atoms in total. The van der Waals surface area contributed by atoms with Gasteiger partial charge in [-0.15, -0.1) is 0 Å². The number of rotatable bonds is 5. The Morgan fingerprint density at radius 1 is 1.21 bits per heavy atom. The van der Waals surface area contributed by atoms with Gasteiger partial charge in [0, 0.05) is 23.6 Å². The molecule has 0 bridgehead atoms. The van der Waals surface area contributed by atoms with E-state index in [0.29, 0.717) is 0 Å². The van der Waals surface area contributed by atoms with Crippen LogP contribution in [0.15, 0.2) is 58.3 Å². The molecular formula is C18H19FN4O4S. The summed E-state index contributed by atoms with van der Waals surface area (Å²) in [4.78, 5) is 12.3. The van der Waals surface area contributed by atoms with E-state index in [9.17, 15) is 17.6 Å². The number of carbonyl (C=O) groups is 1. The second-order valence-electron chi connectivity index (χ2n) is 7.05. The molecule has 0 aliphatic heterocycles. The van der Waals surface area contributed by atoms with E-state index in [2.05, 4.69) is 15.1 Å². The number of hydrogen-bond donors (Lipinski definition) is 2. The number of carbonyl (C=O) groups excluding carboxylic acids is 1. The van der Waals surface area contributed by atoms with Crippen LogP contribution in [-0.2, 0) is 10.0 Å². The number of halogens is 1. The van der Waals surface area contributed by atoms with Crippen LogP contribution in [0.1, 0.15) is 31.3 Å². The Kier molecular flexibility index (Phi) is 5.09. The molecule has 3 rings (SSSR count). The predicted molar refractivity (Wildman–Crippen MR) is 100 cm³/mol. The molecule has 0 aliphatic carbocycles. The standard InChI is InChI=1S/C18H19FN4O4S/c1-18(2,3)22-28(25,26)16-8-7-15(27-16)17(24)21-12-5-6-14(13(19)11-12)23-10-4-9-20-23/h4-11,22H,1-3H3,(H,21,24). The number of anilines is 1. The molecule has 0 radical (unpaired) electrons. The van der Waals surface area contributed by atoms with E-state index in [1.54, 1.807) is 33.0 Å². The fourth-order valence-electron chi connectivity index (χ4n) is 2.41.